The van der Waals surface area contributed by atoms with E-state index in [0.29, 0.717) is 57.3 Å². The summed E-state index contributed by atoms with van der Waals surface area (Å²) >= 11 is 2.02. The number of primary amides is 1. The second kappa shape index (κ2) is 46.1. The number of nitrogens with zero attached hydrogens (tertiary/aromatic N) is 6. The van der Waals surface area contributed by atoms with E-state index in [2.05, 4.69) is 57.8 Å². The van der Waals surface area contributed by atoms with Gasteiger partial charge in [0.05, 0.1) is 42.2 Å². The minimum Gasteiger partial charge on any atom is -0.508 e. The van der Waals surface area contributed by atoms with E-state index < -0.39 is 205 Å². The lowest BCUT2D eigenvalue weighted by molar-refractivity contribution is -0.151. The van der Waals surface area contributed by atoms with E-state index in [1.165, 1.54) is 87.5 Å². The van der Waals surface area contributed by atoms with Crippen molar-refractivity contribution in [2.75, 3.05) is 64.2 Å². The number of phenols is 2. The number of rotatable bonds is 21. The number of phenolic OH excluding ortho intramolecular Hbond substituents is 2. The average Bonchev–Trinajstić information content (AvgIpc) is 1.14. The molecule has 0 aliphatic carbocycles. The first-order valence-corrected chi connectivity index (χ1v) is 43.8. The molecule has 2 aliphatic rings. The highest BCUT2D eigenvalue weighted by Crippen LogP contribution is 2.33. The normalized spacial score (nSPS) is 22.3. The summed E-state index contributed by atoms with van der Waals surface area (Å²) in [6.45, 7) is 6.07. The van der Waals surface area contributed by atoms with Crippen LogP contribution in [-0.2, 0) is 115 Å². The molecule has 0 unspecified atom stereocenters. The number of benzene rings is 5. The van der Waals surface area contributed by atoms with Crippen LogP contribution in [0.25, 0.3) is 10.9 Å². The maximum absolute atomic E-state index is 15.5. The fraction of sp³-hybridized carbons (Fsp3) is 0.427. The van der Waals surface area contributed by atoms with Crippen LogP contribution in [0.15, 0.2) is 144 Å². The Kier molecular flexibility index (Phi) is 35.4. The molecule has 0 radical (unpaired) electrons. The van der Waals surface area contributed by atoms with Crippen molar-refractivity contribution in [2.24, 2.45) is 17.6 Å². The molecular weight excluding hydrogens is 1680 g/mol. The van der Waals surface area contributed by atoms with Gasteiger partial charge in [0, 0.05) is 101 Å². The van der Waals surface area contributed by atoms with Crippen LogP contribution in [0.5, 0.6) is 11.5 Å². The highest BCUT2D eigenvalue weighted by Gasteiger charge is 2.44. The highest BCUT2D eigenvalue weighted by molar-refractivity contribution is 8.00. The van der Waals surface area contributed by atoms with Gasteiger partial charge in [-0.25, -0.2) is 4.98 Å². The van der Waals surface area contributed by atoms with Gasteiger partial charge in [0.15, 0.2) is 0 Å². The van der Waals surface area contributed by atoms with Gasteiger partial charge in [0.25, 0.3) is 0 Å². The number of hydrogen-bond acceptors (Lipinski definition) is 21. The van der Waals surface area contributed by atoms with Crippen molar-refractivity contribution in [2.45, 2.75) is 172 Å². The van der Waals surface area contributed by atoms with Gasteiger partial charge in [-0.3, -0.25) is 76.7 Å². The van der Waals surface area contributed by atoms with Crippen molar-refractivity contribution < 1.29 is 92.0 Å². The molecule has 5 aromatic carbocycles. The maximum atomic E-state index is 15.5. The van der Waals surface area contributed by atoms with Crippen LogP contribution in [0.1, 0.15) is 100 Å². The topological polar surface area (TPSA) is 513 Å². The third-order valence-electron chi connectivity index (χ3n) is 21.9. The number of H-pyrrole nitrogens is 1. The van der Waals surface area contributed by atoms with Crippen LogP contribution in [0.4, 0.5) is 5.69 Å². The van der Waals surface area contributed by atoms with Gasteiger partial charge < -0.3 is 98.4 Å². The van der Waals surface area contributed by atoms with Crippen LogP contribution in [0, 0.1) is 11.8 Å². The van der Waals surface area contributed by atoms with Crippen molar-refractivity contribution in [1.29, 1.82) is 0 Å². The van der Waals surface area contributed by atoms with E-state index in [9.17, 15) is 53.7 Å². The SMILES string of the molecule is CCCC[C@H]1C(=O)N(C)CC(=O)N[C@@H](CC(=O)O)C(=O)N[C@@H](C(C)C)C(=O)N(C)[C@@H](Cc2ccccc2)C(=O)N[C@H]2Cc3ccc(O)cc3N(CC(=O)N[C@@H](Cc3c[nH]c4ccccc34)C(=O)N[C@@H](Cc3ccc(O)cc3)C(=O)N[C@@H](CC(C)C)C(=O)N[C@H](C(=O)NCC(N)=O)CSCC(=O)N[C@@H](Cc3cscn3)C(=O)N(C)[C@@H](Cc3ccccc3)C(=O)N1C)C2=O. The Hall–Kier alpha value is -13.3. The number of carboxylic acid groups (broad SMARTS) is 1. The molecule has 2 aliphatic heterocycles. The molecule has 7 aromatic rings. The summed E-state index contributed by atoms with van der Waals surface area (Å²) in [6, 6.07) is 16.9. The quantitative estimate of drug-likeness (QED) is 0.0486. The monoisotopic (exact) mass is 1790 g/mol. The number of aromatic amines is 1. The van der Waals surface area contributed by atoms with E-state index in [1.807, 2.05) is 6.92 Å². The number of thioether (sulfide) groups is 1. The Morgan fingerprint density at radius 1 is 0.559 bits per heavy atom. The summed E-state index contributed by atoms with van der Waals surface area (Å²) in [7, 11) is 5.25. The van der Waals surface area contributed by atoms with Crippen LogP contribution < -0.4 is 58.5 Å². The fourth-order valence-electron chi connectivity index (χ4n) is 15.0. The Bertz CT molecular complexity index is 5100. The van der Waals surface area contributed by atoms with Crippen molar-refractivity contribution in [3.8, 4) is 11.5 Å². The molecule has 36 nitrogen and oxygen atoms in total. The molecule has 1 fully saturated rings. The van der Waals surface area contributed by atoms with Crippen LogP contribution in [-0.4, -0.2) is 265 Å². The molecular formula is C89H111N17O19S2. The summed E-state index contributed by atoms with van der Waals surface area (Å²) in [5, 5.41) is 57.7. The second-order valence-electron chi connectivity index (χ2n) is 32.4. The molecule has 2 aromatic heterocycles. The first-order chi connectivity index (χ1) is 60.5. The molecule has 678 valence electrons. The Balaban J connectivity index is 1.11. The minimum absolute atomic E-state index is 0.0278. The lowest BCUT2D eigenvalue weighted by Crippen LogP contribution is -2.62. The van der Waals surface area contributed by atoms with Gasteiger partial charge >= 0.3 is 5.97 Å². The summed E-state index contributed by atoms with van der Waals surface area (Å²) in [5.41, 5.74) is 10.3. The van der Waals surface area contributed by atoms with Gasteiger partial charge in [0.2, 0.25) is 88.6 Å². The molecule has 9 rings (SSSR count). The number of para-hydroxylation sites is 1. The molecule has 0 spiro atoms. The zero-order valence-corrected chi connectivity index (χ0v) is 73.8. The first-order valence-electron chi connectivity index (χ1n) is 41.7. The number of fused-ring (bicyclic) bond motifs is 5. The molecule has 0 saturated carbocycles. The lowest BCUT2D eigenvalue weighted by atomic mass is 9.95. The van der Waals surface area contributed by atoms with Gasteiger partial charge in [-0.05, 0) is 76.8 Å². The minimum atomic E-state index is -1.90. The number of anilines is 1. The first kappa shape index (κ1) is 97.5. The number of aromatic nitrogens is 2. The molecule has 4 heterocycles. The van der Waals surface area contributed by atoms with Crippen molar-refractivity contribution in [1.82, 2.24) is 77.4 Å². The predicted octanol–water partition coefficient (Wildman–Crippen LogP) is 1.67. The highest BCUT2D eigenvalue weighted by atomic mass is 32.2. The lowest BCUT2D eigenvalue weighted by Gasteiger charge is -2.37. The Morgan fingerprint density at radius 3 is 1.76 bits per heavy atom. The van der Waals surface area contributed by atoms with Crippen LogP contribution >= 0.6 is 23.1 Å². The summed E-state index contributed by atoms with van der Waals surface area (Å²) in [6.07, 6.45) is 0.0221. The van der Waals surface area contributed by atoms with Gasteiger partial charge in [-0.1, -0.05) is 145 Å². The number of carbonyl (C=O) groups excluding carboxylic acids is 15. The number of unbranched alkanes of at least 4 members (excludes halogenated alkanes) is 1. The summed E-state index contributed by atoms with van der Waals surface area (Å²) in [5.74, 6) is -17.8. The van der Waals surface area contributed by atoms with Gasteiger partial charge in [-0.2, -0.15) is 0 Å². The molecule has 2 bridgehead atoms. The van der Waals surface area contributed by atoms with Crippen molar-refractivity contribution in [3.05, 3.63) is 178 Å². The molecule has 11 atom stereocenters. The van der Waals surface area contributed by atoms with E-state index >= 15 is 38.4 Å². The molecule has 15 N–H and O–H groups in total. The Labute approximate surface area is 742 Å². The number of aromatic hydroxyl groups is 2. The van der Waals surface area contributed by atoms with Crippen LogP contribution in [0.2, 0.25) is 0 Å². The summed E-state index contributed by atoms with van der Waals surface area (Å²) in [4.78, 5) is 247. The third-order valence-corrected chi connectivity index (χ3v) is 23.6. The molecule has 1 saturated heterocycles. The van der Waals surface area contributed by atoms with Gasteiger partial charge in [-0.15, -0.1) is 23.1 Å². The van der Waals surface area contributed by atoms with Crippen molar-refractivity contribution in [3.63, 3.8) is 0 Å². The summed E-state index contributed by atoms with van der Waals surface area (Å²) < 4.78 is 0. The number of nitrogens with two attached hydrogens (primary N) is 1. The third kappa shape index (κ3) is 27.6. The van der Waals surface area contributed by atoms with Crippen molar-refractivity contribution >= 4 is 134 Å². The zero-order valence-electron chi connectivity index (χ0n) is 72.1. The van der Waals surface area contributed by atoms with E-state index in [-0.39, 0.29) is 74.5 Å². The van der Waals surface area contributed by atoms with E-state index in [4.69, 9.17) is 5.73 Å². The molecule has 38 heteroatoms. The number of carbonyl (C=O) groups is 16. The number of nitrogens with one attached hydrogen (secondary N) is 10. The smallest absolute Gasteiger partial charge is 0.305 e. The number of thiazole rings is 1. The largest absolute Gasteiger partial charge is 0.508 e. The van der Waals surface area contributed by atoms with Crippen LogP contribution in [0.3, 0.4) is 0 Å². The number of amides is 15. The predicted molar refractivity (Wildman–Crippen MR) is 472 cm³/mol. The standard InChI is InChI=1S/C89H111N17O19S2/c1-10-11-26-69-87(123)102(6)44-74(110)95-65(41-77(113)114)83(119)101-78(51(4)5)89(125)104(8)71(35-52-20-14-12-15-21-52)84(120)99-66-37-55-29-32-59(108)40-70(55)106(86(66)122)45-75(111)94-64(38-56-42-91-61-25-19-18-24-60(56)61)82(118)98-63(34-54-27-30-58(107)31-28-54)81(117)97-62(33-50(2)3)80(116)100-68(79(115)92-43-73(90)109)47-126-48-76(112)96-67(39-57-46-127-49-93-57)85(121)105(9)72(88(124)103(69)7)36-53-22-16-13-17-23-53/h12-25,27-32,40,42,46,49-51,62-69,71-72,78,91,107-108H,10-11,26,33-39,41,43-45,47-48H2,1-9H3,(H2,90,109)(H,92,115)(H,94,111)(H,95,110)(H,96,112)(H,97,117)(H,98,118)(H,99,120)(H,100,116)(H,101,119)(H,113,114)/t62-,63-,64-,65-,66-,67-,68-,69-,71-,72-,78-/m0/s1. The van der Waals surface area contributed by atoms with E-state index in [1.54, 1.807) is 124 Å². The maximum Gasteiger partial charge on any atom is 0.305 e. The number of hydrogen-bond donors (Lipinski definition) is 14. The number of aliphatic carboxylic acids is 1. The second-order valence-corrected chi connectivity index (χ2v) is 34.2. The number of carboxylic acids is 1. The average molecular weight is 1790 g/mol. The fourth-order valence-corrected chi connectivity index (χ4v) is 16.5. The molecule has 127 heavy (non-hydrogen) atoms. The van der Waals surface area contributed by atoms with E-state index in [0.717, 1.165) is 36.3 Å². The number of likely N-dealkylation sites (N-methyl/N-ethyl adjacent to an activating group) is 4. The zero-order chi connectivity index (χ0) is 92.5. The molecule has 15 amide bonds. The van der Waals surface area contributed by atoms with Gasteiger partial charge in [0.1, 0.15) is 84.5 Å². The Morgan fingerprint density at radius 2 is 1.13 bits per heavy atom.